The topological polar surface area (TPSA) is 55.4 Å². The van der Waals surface area contributed by atoms with Crippen LogP contribution in [0.3, 0.4) is 0 Å². The van der Waals surface area contributed by atoms with Crippen LogP contribution >= 0.6 is 0 Å². The molecule has 1 aliphatic rings. The van der Waals surface area contributed by atoms with Crippen molar-refractivity contribution in [2.45, 2.75) is 37.5 Å². The Kier molecular flexibility index (Phi) is 4.48. The SMILES string of the molecule is C[C@H]1[C@@H](NCc2ccccc2OC(F)(F)F)CCS1(=O)=O. The van der Waals surface area contributed by atoms with Crippen molar-refractivity contribution in [3.05, 3.63) is 29.8 Å². The third-order valence-electron chi connectivity index (χ3n) is 3.60. The summed E-state index contributed by atoms with van der Waals surface area (Å²) in [5.41, 5.74) is 0.339. The third-order valence-corrected chi connectivity index (χ3v) is 5.87. The molecule has 21 heavy (non-hydrogen) atoms. The van der Waals surface area contributed by atoms with Crippen molar-refractivity contribution in [1.82, 2.24) is 5.32 Å². The average Bonchev–Trinajstić information content (AvgIpc) is 2.62. The normalized spacial score (nSPS) is 25.0. The molecule has 0 aliphatic carbocycles. The fourth-order valence-corrected chi connectivity index (χ4v) is 4.03. The van der Waals surface area contributed by atoms with Crippen LogP contribution in [0.15, 0.2) is 24.3 Å². The lowest BCUT2D eigenvalue weighted by Crippen LogP contribution is -2.36. The summed E-state index contributed by atoms with van der Waals surface area (Å²) in [5.74, 6) is -0.169. The van der Waals surface area contributed by atoms with Gasteiger partial charge in [-0.1, -0.05) is 18.2 Å². The van der Waals surface area contributed by atoms with E-state index in [0.717, 1.165) is 0 Å². The number of halogens is 3. The molecular formula is C13H16F3NO3S. The smallest absolute Gasteiger partial charge is 0.405 e. The number of para-hydroxylation sites is 1. The van der Waals surface area contributed by atoms with E-state index in [2.05, 4.69) is 10.1 Å². The molecule has 4 nitrogen and oxygen atoms in total. The van der Waals surface area contributed by atoms with Gasteiger partial charge in [-0.2, -0.15) is 0 Å². The van der Waals surface area contributed by atoms with Gasteiger partial charge in [0.2, 0.25) is 0 Å². The summed E-state index contributed by atoms with van der Waals surface area (Å²) in [6.07, 6.45) is -4.29. The van der Waals surface area contributed by atoms with Crippen LogP contribution in [0.4, 0.5) is 13.2 Å². The van der Waals surface area contributed by atoms with Crippen molar-refractivity contribution in [2.75, 3.05) is 5.75 Å². The minimum absolute atomic E-state index is 0.104. The molecule has 1 aromatic carbocycles. The van der Waals surface area contributed by atoms with E-state index in [1.807, 2.05) is 0 Å². The molecule has 1 heterocycles. The van der Waals surface area contributed by atoms with Gasteiger partial charge in [-0.05, 0) is 19.4 Å². The van der Waals surface area contributed by atoms with Crippen LogP contribution in [0.5, 0.6) is 5.75 Å². The van der Waals surface area contributed by atoms with E-state index < -0.39 is 21.4 Å². The van der Waals surface area contributed by atoms with Gasteiger partial charge in [0.1, 0.15) is 5.75 Å². The van der Waals surface area contributed by atoms with Crippen LogP contribution in [0, 0.1) is 0 Å². The van der Waals surface area contributed by atoms with Crippen molar-refractivity contribution in [3.8, 4) is 5.75 Å². The molecule has 2 atom stereocenters. The van der Waals surface area contributed by atoms with E-state index in [9.17, 15) is 21.6 Å². The van der Waals surface area contributed by atoms with Crippen molar-refractivity contribution in [3.63, 3.8) is 0 Å². The standard InChI is InChI=1S/C13H16F3NO3S/c1-9-11(6-7-21(9,18)19)17-8-10-4-2-3-5-12(10)20-13(14,15)16/h2-5,9,11,17H,6-8H2,1H3/t9-,11-/m0/s1. The molecular weight excluding hydrogens is 307 g/mol. The van der Waals surface area contributed by atoms with Gasteiger partial charge >= 0.3 is 6.36 Å². The van der Waals surface area contributed by atoms with Crippen molar-refractivity contribution < 1.29 is 26.3 Å². The first-order valence-electron chi connectivity index (χ1n) is 6.47. The van der Waals surface area contributed by atoms with Crippen LogP contribution in [-0.4, -0.2) is 31.8 Å². The predicted octanol–water partition coefficient (Wildman–Crippen LogP) is 2.25. The largest absolute Gasteiger partial charge is 0.573 e. The Labute approximate surface area is 121 Å². The molecule has 0 saturated carbocycles. The number of hydrogen-bond donors (Lipinski definition) is 1. The first-order chi connectivity index (χ1) is 9.69. The number of benzene rings is 1. The maximum absolute atomic E-state index is 12.3. The van der Waals surface area contributed by atoms with Crippen LogP contribution in [0.25, 0.3) is 0 Å². The lowest BCUT2D eigenvalue weighted by Gasteiger charge is -2.18. The quantitative estimate of drug-likeness (QED) is 0.923. The van der Waals surface area contributed by atoms with Crippen molar-refractivity contribution in [2.24, 2.45) is 0 Å². The highest BCUT2D eigenvalue weighted by atomic mass is 32.2. The highest BCUT2D eigenvalue weighted by Gasteiger charge is 2.36. The number of sulfone groups is 1. The third kappa shape index (κ3) is 4.10. The first-order valence-corrected chi connectivity index (χ1v) is 8.19. The van der Waals surface area contributed by atoms with E-state index >= 15 is 0 Å². The Balaban J connectivity index is 2.04. The molecule has 0 spiro atoms. The van der Waals surface area contributed by atoms with Crippen LogP contribution in [-0.2, 0) is 16.4 Å². The van der Waals surface area contributed by atoms with Gasteiger partial charge in [-0.25, -0.2) is 8.42 Å². The fraction of sp³-hybridized carbons (Fsp3) is 0.538. The van der Waals surface area contributed by atoms with Crippen molar-refractivity contribution in [1.29, 1.82) is 0 Å². The first kappa shape index (κ1) is 16.1. The molecule has 8 heteroatoms. The molecule has 0 bridgehead atoms. The van der Waals surface area contributed by atoms with E-state index in [1.165, 1.54) is 18.2 Å². The number of hydrogen-bond acceptors (Lipinski definition) is 4. The minimum atomic E-state index is -4.75. The molecule has 1 N–H and O–H groups in total. The second-order valence-corrected chi connectivity index (χ2v) is 7.48. The van der Waals surface area contributed by atoms with Gasteiger partial charge in [-0.15, -0.1) is 13.2 Å². The molecule has 0 aromatic heterocycles. The number of ether oxygens (including phenoxy) is 1. The molecule has 0 radical (unpaired) electrons. The number of nitrogens with one attached hydrogen (secondary N) is 1. The Hall–Kier alpha value is -1.28. The zero-order valence-electron chi connectivity index (χ0n) is 11.4. The Morgan fingerprint density at radius 1 is 1.33 bits per heavy atom. The summed E-state index contributed by atoms with van der Waals surface area (Å²) in [4.78, 5) is 0. The molecule has 0 unspecified atom stereocenters. The van der Waals surface area contributed by atoms with E-state index in [4.69, 9.17) is 0 Å². The van der Waals surface area contributed by atoms with E-state index in [0.29, 0.717) is 12.0 Å². The molecule has 1 aromatic rings. The molecule has 1 fully saturated rings. The maximum atomic E-state index is 12.3. The molecule has 1 saturated heterocycles. The van der Waals surface area contributed by atoms with Crippen LogP contribution in [0.1, 0.15) is 18.9 Å². The Morgan fingerprint density at radius 3 is 2.57 bits per heavy atom. The zero-order chi connectivity index (χ0) is 15.7. The van der Waals surface area contributed by atoms with Crippen LogP contribution < -0.4 is 10.1 Å². The molecule has 0 amide bonds. The second-order valence-electron chi connectivity index (χ2n) is 5.00. The lowest BCUT2D eigenvalue weighted by atomic mass is 10.1. The highest BCUT2D eigenvalue weighted by molar-refractivity contribution is 7.92. The predicted molar refractivity (Wildman–Crippen MR) is 71.6 cm³/mol. The summed E-state index contributed by atoms with van der Waals surface area (Å²) in [7, 11) is -3.09. The molecule has 2 rings (SSSR count). The van der Waals surface area contributed by atoms with E-state index in [-0.39, 0.29) is 24.1 Å². The molecule has 1 aliphatic heterocycles. The Morgan fingerprint density at radius 2 is 2.00 bits per heavy atom. The van der Waals surface area contributed by atoms with Gasteiger partial charge in [0.15, 0.2) is 9.84 Å². The number of rotatable bonds is 4. The highest BCUT2D eigenvalue weighted by Crippen LogP contribution is 2.27. The lowest BCUT2D eigenvalue weighted by molar-refractivity contribution is -0.274. The van der Waals surface area contributed by atoms with Gasteiger partial charge in [0, 0.05) is 18.2 Å². The van der Waals surface area contributed by atoms with Crippen molar-refractivity contribution >= 4 is 9.84 Å². The van der Waals surface area contributed by atoms with Crippen LogP contribution in [0.2, 0.25) is 0 Å². The maximum Gasteiger partial charge on any atom is 0.573 e. The average molecular weight is 323 g/mol. The van der Waals surface area contributed by atoms with Gasteiger partial charge in [0.05, 0.1) is 11.0 Å². The minimum Gasteiger partial charge on any atom is -0.405 e. The summed E-state index contributed by atoms with van der Waals surface area (Å²) in [6.45, 7) is 1.73. The summed E-state index contributed by atoms with van der Waals surface area (Å²) in [6, 6.07) is 5.55. The van der Waals surface area contributed by atoms with Gasteiger partial charge < -0.3 is 10.1 Å². The number of alkyl halides is 3. The summed E-state index contributed by atoms with van der Waals surface area (Å²) < 4.78 is 64.1. The molecule has 118 valence electrons. The van der Waals surface area contributed by atoms with Gasteiger partial charge in [-0.3, -0.25) is 0 Å². The van der Waals surface area contributed by atoms with Gasteiger partial charge in [0.25, 0.3) is 0 Å². The summed E-state index contributed by atoms with van der Waals surface area (Å²) >= 11 is 0. The van der Waals surface area contributed by atoms with E-state index in [1.54, 1.807) is 13.0 Å². The second kappa shape index (κ2) is 5.84. The Bertz CT molecular complexity index is 601. The fourth-order valence-electron chi connectivity index (χ4n) is 2.35. The monoisotopic (exact) mass is 323 g/mol. The summed E-state index contributed by atoms with van der Waals surface area (Å²) in [5, 5.41) is 2.47. The zero-order valence-corrected chi connectivity index (χ0v) is 12.2.